The summed E-state index contributed by atoms with van der Waals surface area (Å²) in [5, 5.41) is -1.79. The van der Waals surface area contributed by atoms with Crippen molar-refractivity contribution in [3.05, 3.63) is 0 Å². The van der Waals surface area contributed by atoms with Crippen molar-refractivity contribution in [1.82, 2.24) is 0 Å². The average molecular weight is 350 g/mol. The summed E-state index contributed by atoms with van der Waals surface area (Å²) in [7, 11) is -3.61. The van der Waals surface area contributed by atoms with Crippen LogP contribution in [0.4, 0.5) is 4.39 Å². The minimum Gasteiger partial charge on any atom is -0.307 e. The van der Waals surface area contributed by atoms with Crippen LogP contribution in [0.5, 0.6) is 0 Å². The van der Waals surface area contributed by atoms with E-state index in [0.717, 1.165) is 12.8 Å². The first-order valence-corrected chi connectivity index (χ1v) is 8.01. The third-order valence-electron chi connectivity index (χ3n) is 2.52. The monoisotopic (exact) mass is 350 g/mol. The number of halogens is 2. The van der Waals surface area contributed by atoms with E-state index in [1.165, 1.54) is 0 Å². The number of hydrogen-bond donors (Lipinski definition) is 0. The summed E-state index contributed by atoms with van der Waals surface area (Å²) in [6.07, 6.45) is 1.76. The Morgan fingerprint density at radius 3 is 2.33 bits per heavy atom. The predicted molar refractivity (Wildman–Crippen MR) is 66.4 cm³/mol. The fraction of sp³-hybridized carbons (Fsp3) is 1.00. The lowest BCUT2D eigenvalue weighted by Crippen LogP contribution is -2.30. The van der Waals surface area contributed by atoms with Crippen molar-refractivity contribution in [3.8, 4) is 0 Å². The van der Waals surface area contributed by atoms with Gasteiger partial charge in [-0.2, -0.15) is 0 Å². The highest BCUT2D eigenvalue weighted by Gasteiger charge is 2.58. The van der Waals surface area contributed by atoms with Crippen LogP contribution in [0.25, 0.3) is 0 Å². The van der Waals surface area contributed by atoms with Gasteiger partial charge in [0, 0.05) is 0 Å². The molecular weight excluding hydrogens is 333 g/mol. The molecular formula is C9H17FIO3P. The van der Waals surface area contributed by atoms with E-state index in [0.29, 0.717) is 0 Å². The van der Waals surface area contributed by atoms with Crippen molar-refractivity contribution in [3.63, 3.8) is 0 Å². The molecule has 0 aromatic heterocycles. The van der Waals surface area contributed by atoms with E-state index in [-0.39, 0.29) is 23.6 Å². The molecule has 1 aliphatic rings. The fourth-order valence-electron chi connectivity index (χ4n) is 1.81. The topological polar surface area (TPSA) is 35.5 Å². The summed E-state index contributed by atoms with van der Waals surface area (Å²) in [6, 6.07) is 0. The van der Waals surface area contributed by atoms with Gasteiger partial charge < -0.3 is 9.05 Å². The Labute approximate surface area is 104 Å². The summed E-state index contributed by atoms with van der Waals surface area (Å²) < 4.78 is 36.8. The molecule has 0 spiro atoms. The highest BCUT2D eigenvalue weighted by atomic mass is 127. The Kier molecular flexibility index (Phi) is 5.02. The van der Waals surface area contributed by atoms with Crippen LogP contribution < -0.4 is 0 Å². The van der Waals surface area contributed by atoms with Crippen molar-refractivity contribution >= 4 is 30.2 Å². The highest BCUT2D eigenvalue weighted by molar-refractivity contribution is 14.1. The summed E-state index contributed by atoms with van der Waals surface area (Å²) in [4.78, 5) is 0. The van der Waals surface area contributed by atoms with Crippen LogP contribution in [0.1, 0.15) is 33.1 Å². The van der Waals surface area contributed by atoms with Gasteiger partial charge in [0.05, 0.1) is 17.1 Å². The summed E-state index contributed by atoms with van der Waals surface area (Å²) in [5.41, 5.74) is 0. The van der Waals surface area contributed by atoms with Crippen LogP contribution >= 0.6 is 30.2 Å². The Morgan fingerprint density at radius 2 is 2.00 bits per heavy atom. The lowest BCUT2D eigenvalue weighted by atomic mass is 10.3. The van der Waals surface area contributed by atoms with Crippen LogP contribution in [-0.4, -0.2) is 22.5 Å². The average Bonchev–Trinajstić information content (AvgIpc) is 2.49. The zero-order valence-electron chi connectivity index (χ0n) is 9.04. The molecule has 2 atom stereocenters. The zero-order chi connectivity index (χ0) is 11.5. The Balaban J connectivity index is 2.92. The van der Waals surface area contributed by atoms with Gasteiger partial charge in [-0.15, -0.1) is 0 Å². The maximum absolute atomic E-state index is 14.6. The van der Waals surface area contributed by atoms with E-state index in [2.05, 4.69) is 0 Å². The van der Waals surface area contributed by atoms with Crippen molar-refractivity contribution in [2.45, 2.75) is 42.4 Å². The molecule has 0 bridgehead atoms. The molecule has 1 rings (SSSR count). The number of rotatable bonds is 5. The number of hydrogen-bond acceptors (Lipinski definition) is 3. The molecule has 3 nitrogen and oxygen atoms in total. The van der Waals surface area contributed by atoms with Crippen LogP contribution in [-0.2, 0) is 13.6 Å². The van der Waals surface area contributed by atoms with Gasteiger partial charge in [0.2, 0.25) is 5.41 Å². The van der Waals surface area contributed by atoms with Gasteiger partial charge in [-0.1, -0.05) is 22.6 Å². The first-order valence-electron chi connectivity index (χ1n) is 5.22. The van der Waals surface area contributed by atoms with Gasteiger partial charge >= 0.3 is 7.60 Å². The van der Waals surface area contributed by atoms with E-state index in [1.54, 1.807) is 13.8 Å². The van der Waals surface area contributed by atoms with E-state index >= 15 is 0 Å². The molecule has 15 heavy (non-hydrogen) atoms. The predicted octanol–water partition coefficient (Wildman–Crippen LogP) is 3.91. The first-order chi connectivity index (χ1) is 7.00. The van der Waals surface area contributed by atoms with Crippen LogP contribution in [0, 0.1) is 0 Å². The summed E-state index contributed by atoms with van der Waals surface area (Å²) >= 11 is 2.01. The molecule has 0 amide bonds. The second kappa shape index (κ2) is 5.43. The molecule has 0 N–H and O–H groups in total. The lowest BCUT2D eigenvalue weighted by molar-refractivity contribution is 0.149. The highest BCUT2D eigenvalue weighted by Crippen LogP contribution is 2.68. The molecule has 2 unspecified atom stereocenters. The molecule has 6 heteroatoms. The third-order valence-corrected chi connectivity index (χ3v) is 7.26. The van der Waals surface area contributed by atoms with Crippen molar-refractivity contribution in [2.75, 3.05) is 13.2 Å². The summed E-state index contributed by atoms with van der Waals surface area (Å²) in [5.74, 6) is 0. The molecule has 0 aromatic carbocycles. The smallest absolute Gasteiger partial charge is 0.307 e. The molecule has 0 aliphatic heterocycles. The van der Waals surface area contributed by atoms with Crippen molar-refractivity contribution in [2.24, 2.45) is 0 Å². The molecule has 0 aromatic rings. The van der Waals surface area contributed by atoms with E-state index in [9.17, 15) is 8.96 Å². The molecule has 1 saturated carbocycles. The molecule has 1 aliphatic carbocycles. The fourth-order valence-corrected chi connectivity index (χ4v) is 5.67. The Morgan fingerprint density at radius 1 is 1.47 bits per heavy atom. The quantitative estimate of drug-likeness (QED) is 0.429. The van der Waals surface area contributed by atoms with Crippen LogP contribution in [0.3, 0.4) is 0 Å². The van der Waals surface area contributed by atoms with Gasteiger partial charge in [-0.25, -0.2) is 4.39 Å². The largest absolute Gasteiger partial charge is 0.368 e. The summed E-state index contributed by atoms with van der Waals surface area (Å²) in [6.45, 7) is 3.83. The van der Waals surface area contributed by atoms with Gasteiger partial charge in [-0.05, 0) is 33.1 Å². The van der Waals surface area contributed by atoms with Crippen LogP contribution in [0.2, 0.25) is 0 Å². The molecule has 0 heterocycles. The van der Waals surface area contributed by atoms with Crippen molar-refractivity contribution in [1.29, 1.82) is 0 Å². The Bertz CT molecular complexity index is 254. The first kappa shape index (κ1) is 13.9. The molecule has 90 valence electrons. The second-order valence-electron chi connectivity index (χ2n) is 3.51. The maximum Gasteiger partial charge on any atom is 0.368 e. The van der Waals surface area contributed by atoms with Gasteiger partial charge in [0.15, 0.2) is 0 Å². The SMILES string of the molecule is CCOP(=O)(OCC)C1(F)CCCC1I. The van der Waals surface area contributed by atoms with E-state index in [4.69, 9.17) is 9.05 Å². The number of alkyl halides is 2. The minimum absolute atomic E-state index is 0.215. The van der Waals surface area contributed by atoms with Crippen molar-refractivity contribution < 1.29 is 18.0 Å². The lowest BCUT2D eigenvalue weighted by Gasteiger charge is -2.31. The molecule has 1 fully saturated rings. The normalized spacial score (nSPS) is 32.1. The van der Waals surface area contributed by atoms with E-state index < -0.39 is 13.0 Å². The standard InChI is InChI=1S/C9H17FIO3P/c1-3-13-15(12,14-4-2)9(10)7-5-6-8(9)11/h8H,3-7H2,1-2H3. The van der Waals surface area contributed by atoms with Gasteiger partial charge in [0.25, 0.3) is 0 Å². The minimum atomic E-state index is -3.61. The molecule has 0 radical (unpaired) electrons. The van der Waals surface area contributed by atoms with Gasteiger partial charge in [0.1, 0.15) is 0 Å². The third kappa shape index (κ3) is 2.56. The second-order valence-corrected chi connectivity index (χ2v) is 7.27. The van der Waals surface area contributed by atoms with E-state index in [1.807, 2.05) is 22.6 Å². The zero-order valence-corrected chi connectivity index (χ0v) is 12.1. The Hall–Kier alpha value is 0.810. The van der Waals surface area contributed by atoms with Gasteiger partial charge in [-0.3, -0.25) is 4.57 Å². The maximum atomic E-state index is 14.6. The molecule has 0 saturated heterocycles. The van der Waals surface area contributed by atoms with Crippen LogP contribution in [0.15, 0.2) is 0 Å².